The van der Waals surface area contributed by atoms with Gasteiger partial charge >= 0.3 is 5.97 Å². The number of aliphatic hydroxyl groups is 1. The average molecular weight is 511 g/mol. The van der Waals surface area contributed by atoms with E-state index in [0.717, 1.165) is 17.2 Å². The largest absolute Gasteiger partial charge is 0.422 e. The number of ether oxygens (including phenoxy) is 1. The van der Waals surface area contributed by atoms with Gasteiger partial charge in [0.15, 0.2) is 6.10 Å². The van der Waals surface area contributed by atoms with E-state index in [1.807, 2.05) is 36.4 Å². The summed E-state index contributed by atoms with van der Waals surface area (Å²) in [6.07, 6.45) is 0.399. The highest BCUT2D eigenvalue weighted by Gasteiger charge is 2.75. The molecule has 7 heteroatoms. The molecule has 0 aromatic heterocycles. The Labute approximate surface area is 221 Å². The second-order valence-electron chi connectivity index (χ2n) is 11.1. The summed E-state index contributed by atoms with van der Waals surface area (Å²) < 4.78 is 5.57. The third-order valence-electron chi connectivity index (χ3n) is 9.22. The number of nitrogens with zero attached hydrogens (tertiary/aromatic N) is 2. The normalized spacial score (nSPS) is 25.9. The van der Waals surface area contributed by atoms with Crippen molar-refractivity contribution in [2.75, 3.05) is 5.01 Å². The minimum absolute atomic E-state index is 0.136. The molecule has 2 aliphatic carbocycles. The number of amides is 2. The zero-order valence-corrected chi connectivity index (χ0v) is 21.5. The maximum atomic E-state index is 14.1. The molecular weight excluding hydrogens is 480 g/mol. The molecule has 3 fully saturated rings. The van der Waals surface area contributed by atoms with Crippen LogP contribution in [0.25, 0.3) is 10.8 Å². The van der Waals surface area contributed by atoms with Crippen LogP contribution in [0.3, 0.4) is 0 Å². The number of hydrogen-bond acceptors (Lipinski definition) is 5. The fourth-order valence-electron chi connectivity index (χ4n) is 7.09. The van der Waals surface area contributed by atoms with Gasteiger partial charge in [-0.2, -0.15) is 0 Å². The van der Waals surface area contributed by atoms with Gasteiger partial charge in [-0.05, 0) is 54.2 Å². The summed E-state index contributed by atoms with van der Waals surface area (Å²) in [7, 11) is 0. The monoisotopic (exact) mass is 510 g/mol. The van der Waals surface area contributed by atoms with E-state index in [1.165, 1.54) is 10.0 Å². The highest BCUT2D eigenvalue weighted by molar-refractivity contribution is 6.08. The molecule has 0 unspecified atom stereocenters. The van der Waals surface area contributed by atoms with E-state index in [9.17, 15) is 19.5 Å². The smallest absolute Gasteiger partial charge is 0.342 e. The number of benzene rings is 3. The number of esters is 1. The number of hydrazine groups is 1. The van der Waals surface area contributed by atoms with Crippen LogP contribution in [0, 0.1) is 16.7 Å². The number of anilines is 1. The van der Waals surface area contributed by atoms with Crippen molar-refractivity contribution in [2.45, 2.75) is 45.3 Å². The number of carbonyl (C=O) groups is 3. The Balaban J connectivity index is 1.31. The zero-order chi connectivity index (χ0) is 26.8. The maximum Gasteiger partial charge on any atom is 0.342 e. The van der Waals surface area contributed by atoms with E-state index in [0.29, 0.717) is 30.2 Å². The fourth-order valence-corrected chi connectivity index (χ4v) is 7.09. The van der Waals surface area contributed by atoms with Crippen LogP contribution in [-0.2, 0) is 14.4 Å². The third-order valence-corrected chi connectivity index (χ3v) is 9.22. The molecule has 1 saturated heterocycles. The van der Waals surface area contributed by atoms with Crippen molar-refractivity contribution in [3.05, 3.63) is 84.9 Å². The van der Waals surface area contributed by atoms with Crippen molar-refractivity contribution in [1.29, 1.82) is 0 Å². The molecule has 7 nitrogen and oxygen atoms in total. The molecule has 1 aliphatic heterocycles. The molecule has 2 saturated carbocycles. The van der Waals surface area contributed by atoms with Crippen LogP contribution in [-0.4, -0.2) is 40.0 Å². The van der Waals surface area contributed by atoms with Gasteiger partial charge in [-0.25, -0.2) is 14.8 Å². The molecule has 0 radical (unpaired) electrons. The predicted molar refractivity (Wildman–Crippen MR) is 143 cm³/mol. The molecule has 2 bridgehead atoms. The van der Waals surface area contributed by atoms with Crippen molar-refractivity contribution in [1.82, 2.24) is 5.01 Å². The Morgan fingerprint density at radius 3 is 2.45 bits per heavy atom. The van der Waals surface area contributed by atoms with Crippen molar-refractivity contribution in [3.8, 4) is 5.75 Å². The van der Waals surface area contributed by atoms with E-state index in [1.54, 1.807) is 36.4 Å². The Bertz CT molecular complexity index is 1480. The van der Waals surface area contributed by atoms with Gasteiger partial charge in [0.2, 0.25) is 0 Å². The fraction of sp³-hybridized carbons (Fsp3) is 0.323. The van der Waals surface area contributed by atoms with Crippen LogP contribution >= 0.6 is 0 Å². The summed E-state index contributed by atoms with van der Waals surface area (Å²) in [6, 6.07) is 21.3. The first kappa shape index (κ1) is 24.4. The SMILES string of the molecule is C=C(C(=O)Oc1cccc2ccccc12)[C@H](O)C(=O)N1[C@@H]2C[C@H]3CC[C@]2(C(=O)N1c1ccccc1)C3(C)C. The van der Waals surface area contributed by atoms with Gasteiger partial charge in [0.05, 0.1) is 22.7 Å². The first-order valence-corrected chi connectivity index (χ1v) is 13.0. The Morgan fingerprint density at radius 2 is 1.71 bits per heavy atom. The molecule has 4 atom stereocenters. The second-order valence-corrected chi connectivity index (χ2v) is 11.1. The first-order valence-electron chi connectivity index (χ1n) is 13.0. The summed E-state index contributed by atoms with van der Waals surface area (Å²) in [6.45, 7) is 7.94. The van der Waals surface area contributed by atoms with E-state index in [-0.39, 0.29) is 16.9 Å². The van der Waals surface area contributed by atoms with Gasteiger partial charge in [-0.15, -0.1) is 0 Å². The molecule has 3 aliphatic rings. The van der Waals surface area contributed by atoms with E-state index < -0.39 is 29.4 Å². The van der Waals surface area contributed by atoms with Crippen LogP contribution in [0.5, 0.6) is 5.75 Å². The van der Waals surface area contributed by atoms with Gasteiger partial charge < -0.3 is 9.84 Å². The Morgan fingerprint density at radius 1 is 1.03 bits per heavy atom. The highest BCUT2D eigenvalue weighted by Crippen LogP contribution is 2.70. The summed E-state index contributed by atoms with van der Waals surface area (Å²) in [5, 5.41) is 15.6. The van der Waals surface area contributed by atoms with Gasteiger partial charge in [0.1, 0.15) is 5.75 Å². The standard InChI is InChI=1S/C31H30N2O5/c1-19(28(36)38-24-15-9-11-20-10-7-8-14-23(20)24)26(34)27(35)33-25-18-21-16-17-31(25,30(21,2)3)29(37)32(33)22-12-5-4-6-13-22/h4-15,21,25-26,34H,1,16-18H2,2-3H3/t21-,25-,26+,31+/m1/s1. The summed E-state index contributed by atoms with van der Waals surface area (Å²) in [5.41, 5.74) is -0.878. The predicted octanol–water partition coefficient (Wildman–Crippen LogP) is 4.65. The molecule has 1 N–H and O–H groups in total. The Kier molecular flexibility index (Phi) is 5.47. The number of hydrogen-bond donors (Lipinski definition) is 1. The molecule has 3 aromatic rings. The van der Waals surface area contributed by atoms with Crippen LogP contribution in [0.2, 0.25) is 0 Å². The summed E-state index contributed by atoms with van der Waals surface area (Å²) in [4.78, 5) is 41.1. The lowest BCUT2D eigenvalue weighted by Crippen LogP contribution is -2.52. The van der Waals surface area contributed by atoms with Crippen LogP contribution in [0.15, 0.2) is 84.9 Å². The van der Waals surface area contributed by atoms with Crippen LogP contribution in [0.1, 0.15) is 33.1 Å². The molecule has 1 spiro atoms. The highest BCUT2D eigenvalue weighted by atomic mass is 16.5. The number of carbonyl (C=O) groups excluding carboxylic acids is 3. The number of fused-ring (bicyclic) bond motifs is 2. The molecular formula is C31H30N2O5. The molecule has 2 amide bonds. The number of aliphatic hydroxyl groups excluding tert-OH is 1. The Hall–Kier alpha value is -3.97. The quantitative estimate of drug-likeness (QED) is 0.307. The van der Waals surface area contributed by atoms with E-state index >= 15 is 0 Å². The summed E-state index contributed by atoms with van der Waals surface area (Å²) >= 11 is 0. The molecule has 3 aromatic carbocycles. The van der Waals surface area contributed by atoms with Crippen molar-refractivity contribution >= 4 is 34.2 Å². The maximum absolute atomic E-state index is 14.1. The molecule has 6 rings (SSSR count). The van der Waals surface area contributed by atoms with Crippen LogP contribution < -0.4 is 9.75 Å². The molecule has 1 heterocycles. The number of para-hydroxylation sites is 1. The minimum atomic E-state index is -1.87. The molecule has 38 heavy (non-hydrogen) atoms. The topological polar surface area (TPSA) is 87.1 Å². The second kappa shape index (κ2) is 8.53. The van der Waals surface area contributed by atoms with Crippen molar-refractivity contribution in [2.24, 2.45) is 16.7 Å². The van der Waals surface area contributed by atoms with Gasteiger partial charge in [0, 0.05) is 5.39 Å². The van der Waals surface area contributed by atoms with Crippen LogP contribution in [0.4, 0.5) is 5.69 Å². The van der Waals surface area contributed by atoms with E-state index in [4.69, 9.17) is 4.74 Å². The zero-order valence-electron chi connectivity index (χ0n) is 21.5. The first-order chi connectivity index (χ1) is 18.2. The minimum Gasteiger partial charge on any atom is -0.422 e. The van der Waals surface area contributed by atoms with E-state index in [2.05, 4.69) is 20.4 Å². The number of rotatable bonds is 5. The molecule has 194 valence electrons. The third kappa shape index (κ3) is 3.21. The lowest BCUT2D eigenvalue weighted by atomic mass is 9.67. The van der Waals surface area contributed by atoms with Gasteiger partial charge in [-0.1, -0.05) is 75.0 Å². The van der Waals surface area contributed by atoms with Gasteiger partial charge in [-0.3, -0.25) is 9.59 Å². The average Bonchev–Trinajstić information content (AvgIpc) is 3.45. The van der Waals surface area contributed by atoms with Crippen molar-refractivity contribution in [3.63, 3.8) is 0 Å². The lowest BCUT2D eigenvalue weighted by Gasteiger charge is -2.35. The van der Waals surface area contributed by atoms with Gasteiger partial charge in [0.25, 0.3) is 11.8 Å². The summed E-state index contributed by atoms with van der Waals surface area (Å²) in [5.74, 6) is -1.19. The van der Waals surface area contributed by atoms with Crippen molar-refractivity contribution < 1.29 is 24.2 Å². The lowest BCUT2D eigenvalue weighted by molar-refractivity contribution is -0.144.